The van der Waals surface area contributed by atoms with Crippen LogP contribution >= 0.6 is 39.1 Å². The highest BCUT2D eigenvalue weighted by Crippen LogP contribution is 2.25. The Balaban J connectivity index is 1.57. The van der Waals surface area contributed by atoms with E-state index in [1.54, 1.807) is 35.1 Å². The summed E-state index contributed by atoms with van der Waals surface area (Å²) in [5.74, 6) is -0.214. The molecule has 2 heterocycles. The maximum atomic E-state index is 12.1. The zero-order valence-electron chi connectivity index (χ0n) is 14.2. The smallest absolute Gasteiger partial charge is 0.358 e. The quantitative estimate of drug-likeness (QED) is 0.398. The molecule has 28 heavy (non-hydrogen) atoms. The zero-order valence-corrected chi connectivity index (χ0v) is 17.3. The van der Waals surface area contributed by atoms with Crippen molar-refractivity contribution in [2.45, 2.75) is 19.5 Å². The summed E-state index contributed by atoms with van der Waals surface area (Å²) >= 11 is 15.4. The molecule has 1 amide bonds. The second kappa shape index (κ2) is 8.72. The molecule has 0 fully saturated rings. The first-order chi connectivity index (χ1) is 13.3. The maximum Gasteiger partial charge on any atom is 0.404 e. The predicted molar refractivity (Wildman–Crippen MR) is 108 cm³/mol. The topological polar surface area (TPSA) is 108 Å². The number of nitrogens with zero attached hydrogens (tertiary/aromatic N) is 5. The average Bonchev–Trinajstić information content (AvgIpc) is 3.23. The molecule has 9 nitrogen and oxygen atoms in total. The molecular formula is C16H13BrCl2N6O3. The summed E-state index contributed by atoms with van der Waals surface area (Å²) < 4.78 is 3.20. The number of hydrogen-bond donors (Lipinski definition) is 1. The third-order valence-corrected chi connectivity index (χ3v) is 5.00. The Morgan fingerprint density at radius 3 is 2.57 bits per heavy atom. The number of anilines is 1. The number of nitrogens with one attached hydrogen (secondary N) is 1. The van der Waals surface area contributed by atoms with Gasteiger partial charge in [-0.2, -0.15) is 9.78 Å². The van der Waals surface area contributed by atoms with Crippen LogP contribution < -0.4 is 5.32 Å². The number of nitro groups is 1. The highest BCUT2D eigenvalue weighted by molar-refractivity contribution is 9.10. The van der Waals surface area contributed by atoms with Gasteiger partial charge in [0.2, 0.25) is 5.91 Å². The van der Waals surface area contributed by atoms with Crippen molar-refractivity contribution < 1.29 is 9.72 Å². The lowest BCUT2D eigenvalue weighted by Gasteiger charge is -2.07. The van der Waals surface area contributed by atoms with E-state index in [4.69, 9.17) is 23.2 Å². The molecule has 0 aliphatic rings. The van der Waals surface area contributed by atoms with Crippen molar-refractivity contribution in [3.05, 3.63) is 66.9 Å². The molecule has 0 saturated heterocycles. The summed E-state index contributed by atoms with van der Waals surface area (Å²) in [7, 11) is 0. The molecule has 0 aliphatic heterocycles. The van der Waals surface area contributed by atoms with Gasteiger partial charge in [-0.25, -0.2) is 0 Å². The van der Waals surface area contributed by atoms with Gasteiger partial charge in [0.25, 0.3) is 0 Å². The van der Waals surface area contributed by atoms with Crippen molar-refractivity contribution in [3.8, 4) is 0 Å². The first-order valence-corrected chi connectivity index (χ1v) is 9.52. The molecule has 0 radical (unpaired) electrons. The molecule has 0 spiro atoms. The van der Waals surface area contributed by atoms with Gasteiger partial charge in [-0.3, -0.25) is 9.48 Å². The second-order valence-corrected chi connectivity index (χ2v) is 7.39. The molecule has 3 rings (SSSR count). The number of benzene rings is 1. The van der Waals surface area contributed by atoms with Gasteiger partial charge in [-0.1, -0.05) is 29.3 Å². The minimum Gasteiger partial charge on any atom is -0.358 e. The van der Waals surface area contributed by atoms with Crippen LogP contribution in [0.3, 0.4) is 0 Å². The standard InChI is InChI=1S/C16H13BrCl2N6O3/c17-11-9-24(22-16(11)25(27)28)7-5-15(26)20-14-4-6-23(21-14)8-10-12(18)2-1-3-13(10)19/h1-4,6,9H,5,7-8H2,(H,20,21,26). The number of aryl methyl sites for hydroxylation is 1. The minimum absolute atomic E-state index is 0.0779. The van der Waals surface area contributed by atoms with E-state index in [2.05, 4.69) is 31.4 Å². The number of amides is 1. The van der Waals surface area contributed by atoms with Crippen molar-refractivity contribution >= 4 is 56.7 Å². The lowest BCUT2D eigenvalue weighted by Crippen LogP contribution is -2.15. The van der Waals surface area contributed by atoms with Gasteiger partial charge in [-0.15, -0.1) is 0 Å². The average molecular weight is 488 g/mol. The Bertz CT molecular complexity index is 1020. The summed E-state index contributed by atoms with van der Waals surface area (Å²) in [6, 6.07) is 6.90. The van der Waals surface area contributed by atoms with Crippen molar-refractivity contribution in [1.29, 1.82) is 0 Å². The van der Waals surface area contributed by atoms with Gasteiger partial charge in [0.1, 0.15) is 4.47 Å². The van der Waals surface area contributed by atoms with Crippen LogP contribution in [0.25, 0.3) is 0 Å². The fourth-order valence-corrected chi connectivity index (χ4v) is 3.39. The van der Waals surface area contributed by atoms with Gasteiger partial charge >= 0.3 is 5.82 Å². The molecule has 0 atom stereocenters. The van der Waals surface area contributed by atoms with E-state index in [1.165, 1.54) is 10.9 Å². The number of halogens is 3. The van der Waals surface area contributed by atoms with Gasteiger partial charge in [0.05, 0.1) is 24.4 Å². The molecule has 0 saturated carbocycles. The van der Waals surface area contributed by atoms with Crippen molar-refractivity contribution in [2.75, 3.05) is 5.32 Å². The summed E-state index contributed by atoms with van der Waals surface area (Å²) in [6.45, 7) is 0.549. The molecule has 146 valence electrons. The van der Waals surface area contributed by atoms with E-state index in [-0.39, 0.29) is 29.2 Å². The molecular weight excluding hydrogens is 475 g/mol. The normalized spacial score (nSPS) is 10.8. The van der Waals surface area contributed by atoms with Crippen LogP contribution in [0.4, 0.5) is 11.6 Å². The lowest BCUT2D eigenvalue weighted by molar-refractivity contribution is -0.390. The van der Waals surface area contributed by atoms with E-state index < -0.39 is 4.92 Å². The van der Waals surface area contributed by atoms with Gasteiger partial charge in [0, 0.05) is 34.3 Å². The zero-order chi connectivity index (χ0) is 20.3. The highest BCUT2D eigenvalue weighted by atomic mass is 79.9. The van der Waals surface area contributed by atoms with Gasteiger partial charge < -0.3 is 15.4 Å². The van der Waals surface area contributed by atoms with Crippen LogP contribution in [0.15, 0.2) is 41.1 Å². The van der Waals surface area contributed by atoms with Crippen LogP contribution in [0, 0.1) is 10.1 Å². The SMILES string of the molecule is O=C(CCn1cc(Br)c([N+](=O)[O-])n1)Nc1ccn(Cc2c(Cl)cccc2Cl)n1. The summed E-state index contributed by atoms with van der Waals surface area (Å²) in [4.78, 5) is 22.3. The van der Waals surface area contributed by atoms with Crippen molar-refractivity contribution in [1.82, 2.24) is 19.6 Å². The second-order valence-electron chi connectivity index (χ2n) is 5.72. The van der Waals surface area contributed by atoms with Crippen LogP contribution in [0.1, 0.15) is 12.0 Å². The van der Waals surface area contributed by atoms with Crippen LogP contribution in [0.5, 0.6) is 0 Å². The third-order valence-electron chi connectivity index (χ3n) is 3.73. The largest absolute Gasteiger partial charge is 0.404 e. The lowest BCUT2D eigenvalue weighted by atomic mass is 10.2. The number of aromatic nitrogens is 4. The molecule has 1 aromatic carbocycles. The Labute approximate surface area is 177 Å². The van der Waals surface area contributed by atoms with Gasteiger partial charge in [-0.05, 0) is 33.0 Å². The number of carbonyl (C=O) groups excluding carboxylic acids is 1. The fourth-order valence-electron chi connectivity index (χ4n) is 2.41. The van der Waals surface area contributed by atoms with Crippen LogP contribution in [-0.4, -0.2) is 30.4 Å². The minimum atomic E-state index is -0.599. The Hall–Kier alpha value is -2.43. The predicted octanol–water partition coefficient (Wildman–Crippen LogP) is 4.13. The van der Waals surface area contributed by atoms with Gasteiger partial charge in [0.15, 0.2) is 5.82 Å². The maximum absolute atomic E-state index is 12.1. The molecule has 1 N–H and O–H groups in total. The number of hydrogen-bond acceptors (Lipinski definition) is 5. The van der Waals surface area contributed by atoms with E-state index in [0.29, 0.717) is 22.4 Å². The van der Waals surface area contributed by atoms with E-state index >= 15 is 0 Å². The third kappa shape index (κ3) is 4.89. The first-order valence-electron chi connectivity index (χ1n) is 7.97. The number of rotatable bonds is 7. The Morgan fingerprint density at radius 1 is 1.21 bits per heavy atom. The van der Waals surface area contributed by atoms with E-state index in [0.717, 1.165) is 5.56 Å². The Kier molecular flexibility index (Phi) is 6.32. The van der Waals surface area contributed by atoms with Crippen LogP contribution in [-0.2, 0) is 17.9 Å². The molecule has 0 bridgehead atoms. The summed E-state index contributed by atoms with van der Waals surface area (Å²) in [5.41, 5.74) is 0.734. The molecule has 3 aromatic rings. The summed E-state index contributed by atoms with van der Waals surface area (Å²) in [5, 5.41) is 22.6. The molecule has 0 aliphatic carbocycles. The van der Waals surface area contributed by atoms with Crippen LogP contribution in [0.2, 0.25) is 10.0 Å². The molecule has 2 aromatic heterocycles. The van der Waals surface area contributed by atoms with E-state index in [1.807, 2.05) is 0 Å². The van der Waals surface area contributed by atoms with Crippen molar-refractivity contribution in [3.63, 3.8) is 0 Å². The fraction of sp³-hybridized carbons (Fsp3) is 0.188. The van der Waals surface area contributed by atoms with Crippen molar-refractivity contribution in [2.24, 2.45) is 0 Å². The monoisotopic (exact) mass is 486 g/mol. The molecule has 12 heteroatoms. The molecule has 0 unspecified atom stereocenters. The Morgan fingerprint density at radius 2 is 1.93 bits per heavy atom. The summed E-state index contributed by atoms with van der Waals surface area (Å²) in [6.07, 6.45) is 3.23. The highest BCUT2D eigenvalue weighted by Gasteiger charge is 2.19. The first kappa shape index (κ1) is 20.3. The van der Waals surface area contributed by atoms with E-state index in [9.17, 15) is 14.9 Å². The number of carbonyl (C=O) groups is 1.